The van der Waals surface area contributed by atoms with Gasteiger partial charge in [0, 0.05) is 18.3 Å². The number of likely N-dealkylation sites (N-methyl/N-ethyl adjacent to an activating group) is 1. The molecule has 0 rings (SSSR count). The minimum atomic E-state index is 0.406. The van der Waals surface area contributed by atoms with Crippen LogP contribution in [0.15, 0.2) is 12.3 Å². The number of nitrogens with zero attached hydrogens (tertiary/aromatic N) is 1. The number of nitrogens with one attached hydrogen (secondary N) is 1. The molecule has 12 heavy (non-hydrogen) atoms. The maximum absolute atomic E-state index is 4.00. The Morgan fingerprint density at radius 2 is 1.83 bits per heavy atom. The highest BCUT2D eigenvalue weighted by Gasteiger charge is 2.07. The van der Waals surface area contributed by atoms with Crippen LogP contribution in [0.3, 0.4) is 0 Å². The van der Waals surface area contributed by atoms with E-state index in [0.717, 1.165) is 12.2 Å². The molecule has 0 aromatic carbocycles. The molecule has 72 valence electrons. The Hall–Kier alpha value is -0.500. The molecule has 0 saturated carbocycles. The molecule has 0 aromatic heterocycles. The highest BCUT2D eigenvalue weighted by atomic mass is 15.1. The molecule has 1 N–H and O–H groups in total. The topological polar surface area (TPSA) is 15.3 Å². The third-order valence-corrected chi connectivity index (χ3v) is 2.02. The van der Waals surface area contributed by atoms with Crippen molar-refractivity contribution >= 4 is 0 Å². The first-order valence-electron chi connectivity index (χ1n) is 4.54. The molecule has 0 bridgehead atoms. The second-order valence-corrected chi connectivity index (χ2v) is 3.94. The summed E-state index contributed by atoms with van der Waals surface area (Å²) in [5.74, 6) is 0.677. The predicted octanol–water partition coefficient (Wildman–Crippen LogP) is 1.70. The zero-order valence-corrected chi connectivity index (χ0v) is 9.02. The Kier molecular flexibility index (Phi) is 4.98. The van der Waals surface area contributed by atoms with Crippen LogP contribution in [0.1, 0.15) is 20.8 Å². The fraction of sp³-hybridized carbons (Fsp3) is 0.800. The fourth-order valence-electron chi connectivity index (χ4n) is 0.795. The lowest BCUT2D eigenvalue weighted by atomic mass is 10.2. The van der Waals surface area contributed by atoms with E-state index in [1.807, 2.05) is 0 Å². The van der Waals surface area contributed by atoms with E-state index in [1.165, 1.54) is 0 Å². The molecule has 0 aliphatic carbocycles. The molecule has 0 heterocycles. The maximum atomic E-state index is 4.00. The second kappa shape index (κ2) is 5.20. The Morgan fingerprint density at radius 3 is 2.17 bits per heavy atom. The van der Waals surface area contributed by atoms with Gasteiger partial charge in [0.2, 0.25) is 0 Å². The minimum Gasteiger partial charge on any atom is -0.387 e. The third kappa shape index (κ3) is 4.39. The predicted molar refractivity (Wildman–Crippen MR) is 55.1 cm³/mol. The van der Waals surface area contributed by atoms with E-state index in [2.05, 4.69) is 51.7 Å². The summed E-state index contributed by atoms with van der Waals surface area (Å²) < 4.78 is 0. The van der Waals surface area contributed by atoms with Gasteiger partial charge in [-0.05, 0) is 26.9 Å². The minimum absolute atomic E-state index is 0.406. The Labute approximate surface area is 76.6 Å². The van der Waals surface area contributed by atoms with Crippen molar-refractivity contribution in [2.45, 2.75) is 26.8 Å². The molecular weight excluding hydrogens is 148 g/mol. The van der Waals surface area contributed by atoms with Crippen LogP contribution in [0.2, 0.25) is 0 Å². The van der Waals surface area contributed by atoms with Crippen LogP contribution in [0, 0.1) is 5.92 Å². The van der Waals surface area contributed by atoms with E-state index in [0.29, 0.717) is 12.0 Å². The van der Waals surface area contributed by atoms with E-state index in [9.17, 15) is 0 Å². The summed E-state index contributed by atoms with van der Waals surface area (Å²) in [6, 6.07) is 0.406. The van der Waals surface area contributed by atoms with Gasteiger partial charge in [0.1, 0.15) is 0 Å². The molecule has 1 atom stereocenters. The number of rotatable bonds is 5. The Balaban J connectivity index is 3.72. The summed E-state index contributed by atoms with van der Waals surface area (Å²) in [6.45, 7) is 11.5. The molecule has 0 saturated heterocycles. The van der Waals surface area contributed by atoms with Gasteiger partial charge >= 0.3 is 0 Å². The van der Waals surface area contributed by atoms with Crippen molar-refractivity contribution < 1.29 is 0 Å². The van der Waals surface area contributed by atoms with Crippen LogP contribution in [-0.2, 0) is 0 Å². The molecule has 0 aliphatic rings. The monoisotopic (exact) mass is 170 g/mol. The van der Waals surface area contributed by atoms with E-state index < -0.39 is 0 Å². The van der Waals surface area contributed by atoms with E-state index >= 15 is 0 Å². The Morgan fingerprint density at radius 1 is 1.33 bits per heavy atom. The first-order chi connectivity index (χ1) is 5.45. The molecule has 0 fully saturated rings. The standard InChI is InChI=1S/C10H22N2/c1-8(2)7-11-9(3)10(4)12(5)6/h8,10-11H,3,7H2,1-2,4-6H3/t10-/m0/s1. The van der Waals surface area contributed by atoms with Gasteiger partial charge in [0.25, 0.3) is 0 Å². The summed E-state index contributed by atoms with van der Waals surface area (Å²) >= 11 is 0. The van der Waals surface area contributed by atoms with Crippen molar-refractivity contribution in [1.82, 2.24) is 10.2 Å². The molecular formula is C10H22N2. The summed E-state index contributed by atoms with van der Waals surface area (Å²) in [5, 5.41) is 3.33. The van der Waals surface area contributed by atoms with Gasteiger partial charge in [-0.3, -0.25) is 0 Å². The molecule has 0 aliphatic heterocycles. The summed E-state index contributed by atoms with van der Waals surface area (Å²) in [7, 11) is 4.12. The van der Waals surface area contributed by atoms with Crippen molar-refractivity contribution in [3.63, 3.8) is 0 Å². The quantitative estimate of drug-likeness (QED) is 0.675. The van der Waals surface area contributed by atoms with Crippen molar-refractivity contribution in [3.05, 3.63) is 12.3 Å². The van der Waals surface area contributed by atoms with Crippen LogP contribution < -0.4 is 5.32 Å². The average molecular weight is 170 g/mol. The molecule has 0 amide bonds. The van der Waals surface area contributed by atoms with Gasteiger partial charge in [-0.2, -0.15) is 0 Å². The fourth-order valence-corrected chi connectivity index (χ4v) is 0.795. The van der Waals surface area contributed by atoms with Crippen molar-refractivity contribution in [2.24, 2.45) is 5.92 Å². The Bertz CT molecular complexity index is 139. The third-order valence-electron chi connectivity index (χ3n) is 2.02. The second-order valence-electron chi connectivity index (χ2n) is 3.94. The van der Waals surface area contributed by atoms with Crippen LogP contribution in [0.4, 0.5) is 0 Å². The van der Waals surface area contributed by atoms with Gasteiger partial charge < -0.3 is 10.2 Å². The molecule has 0 unspecified atom stereocenters. The summed E-state index contributed by atoms with van der Waals surface area (Å²) in [6.07, 6.45) is 0. The first kappa shape index (κ1) is 11.5. The van der Waals surface area contributed by atoms with E-state index in [-0.39, 0.29) is 0 Å². The average Bonchev–Trinajstić information content (AvgIpc) is 1.98. The SMILES string of the molecule is C=C(NCC(C)C)[C@H](C)N(C)C. The molecule has 2 nitrogen and oxygen atoms in total. The van der Waals surface area contributed by atoms with E-state index in [1.54, 1.807) is 0 Å². The van der Waals surface area contributed by atoms with Crippen LogP contribution in [0.5, 0.6) is 0 Å². The van der Waals surface area contributed by atoms with Gasteiger partial charge in [-0.1, -0.05) is 20.4 Å². The van der Waals surface area contributed by atoms with Gasteiger partial charge in [-0.25, -0.2) is 0 Å². The lowest BCUT2D eigenvalue weighted by Gasteiger charge is -2.23. The van der Waals surface area contributed by atoms with Crippen molar-refractivity contribution in [3.8, 4) is 0 Å². The van der Waals surface area contributed by atoms with Crippen LogP contribution in [0.25, 0.3) is 0 Å². The van der Waals surface area contributed by atoms with Gasteiger partial charge in [0.05, 0.1) is 0 Å². The van der Waals surface area contributed by atoms with Gasteiger partial charge in [-0.15, -0.1) is 0 Å². The van der Waals surface area contributed by atoms with Crippen LogP contribution in [-0.4, -0.2) is 31.6 Å². The molecule has 0 radical (unpaired) electrons. The zero-order valence-electron chi connectivity index (χ0n) is 9.02. The molecule has 0 aromatic rings. The zero-order chi connectivity index (χ0) is 9.72. The smallest absolute Gasteiger partial charge is 0.0454 e. The largest absolute Gasteiger partial charge is 0.387 e. The highest BCUT2D eigenvalue weighted by molar-refractivity contribution is 5.00. The van der Waals surface area contributed by atoms with Gasteiger partial charge in [0.15, 0.2) is 0 Å². The molecule has 0 spiro atoms. The normalized spacial score (nSPS) is 13.6. The molecule has 2 heteroatoms. The van der Waals surface area contributed by atoms with Crippen molar-refractivity contribution in [1.29, 1.82) is 0 Å². The highest BCUT2D eigenvalue weighted by Crippen LogP contribution is 2.01. The van der Waals surface area contributed by atoms with E-state index in [4.69, 9.17) is 0 Å². The lowest BCUT2D eigenvalue weighted by Crippen LogP contribution is -2.34. The maximum Gasteiger partial charge on any atom is 0.0454 e. The lowest BCUT2D eigenvalue weighted by molar-refractivity contribution is 0.336. The van der Waals surface area contributed by atoms with Crippen LogP contribution >= 0.6 is 0 Å². The van der Waals surface area contributed by atoms with Crippen molar-refractivity contribution in [2.75, 3.05) is 20.6 Å². The number of hydrogen-bond donors (Lipinski definition) is 1. The summed E-state index contributed by atoms with van der Waals surface area (Å²) in [5.41, 5.74) is 1.11. The summed E-state index contributed by atoms with van der Waals surface area (Å²) in [4.78, 5) is 2.15. The first-order valence-corrected chi connectivity index (χ1v) is 4.54. The number of hydrogen-bond acceptors (Lipinski definition) is 2.